The summed E-state index contributed by atoms with van der Waals surface area (Å²) >= 11 is 6.39. The molecule has 1 aliphatic rings. The summed E-state index contributed by atoms with van der Waals surface area (Å²) in [6.07, 6.45) is 1.14. The highest BCUT2D eigenvalue weighted by Crippen LogP contribution is 2.24. The van der Waals surface area contributed by atoms with Crippen LogP contribution in [0.3, 0.4) is 0 Å². The quantitative estimate of drug-likeness (QED) is 0.922. The number of hydrogen-bond donors (Lipinski definition) is 1. The van der Waals surface area contributed by atoms with E-state index in [1.165, 1.54) is 0 Å². The van der Waals surface area contributed by atoms with Crippen LogP contribution in [0, 0.1) is 6.92 Å². The van der Waals surface area contributed by atoms with Crippen LogP contribution in [0.4, 0.5) is 0 Å². The van der Waals surface area contributed by atoms with Gasteiger partial charge in [0.05, 0.1) is 16.4 Å². The van der Waals surface area contributed by atoms with Crippen molar-refractivity contribution in [1.82, 2.24) is 20.0 Å². The molecule has 0 bridgehead atoms. The van der Waals surface area contributed by atoms with Crippen LogP contribution < -0.4 is 5.32 Å². The van der Waals surface area contributed by atoms with Crippen molar-refractivity contribution in [3.05, 3.63) is 16.4 Å². The molecule has 1 fully saturated rings. The predicted octanol–water partition coefficient (Wildman–Crippen LogP) is 2.44. The maximum Gasteiger partial charge on any atom is 0.0860 e. The van der Waals surface area contributed by atoms with Crippen molar-refractivity contribution in [2.75, 3.05) is 19.6 Å². The van der Waals surface area contributed by atoms with Crippen molar-refractivity contribution in [2.24, 2.45) is 0 Å². The lowest BCUT2D eigenvalue weighted by molar-refractivity contribution is 0.131. The number of halogens is 1. The summed E-state index contributed by atoms with van der Waals surface area (Å²) in [4.78, 5) is 2.48. The van der Waals surface area contributed by atoms with Gasteiger partial charge in [-0.25, -0.2) is 0 Å². The molecule has 0 aliphatic carbocycles. The number of aryl methyl sites for hydroxylation is 2. The van der Waals surface area contributed by atoms with Crippen molar-refractivity contribution in [2.45, 2.75) is 52.7 Å². The molecule has 1 aromatic rings. The third-order valence-corrected chi connectivity index (χ3v) is 4.65. The van der Waals surface area contributed by atoms with Crippen LogP contribution >= 0.6 is 11.6 Å². The Balaban J connectivity index is 2.13. The van der Waals surface area contributed by atoms with Gasteiger partial charge in [0.25, 0.3) is 0 Å². The molecule has 19 heavy (non-hydrogen) atoms. The molecule has 108 valence electrons. The molecule has 0 saturated carbocycles. The standard InChI is InChI=1S/C14H25ClN4/c1-5-14(4)10-18(8-7-16-14)9-12-13(15)11(3)17-19(12)6-2/h16H,5-10H2,1-4H3. The normalized spacial score (nSPS) is 24.9. The van der Waals surface area contributed by atoms with Crippen molar-refractivity contribution >= 4 is 11.6 Å². The average molecular weight is 285 g/mol. The zero-order chi connectivity index (χ0) is 14.0. The summed E-state index contributed by atoms with van der Waals surface area (Å²) in [6, 6.07) is 0. The fourth-order valence-corrected chi connectivity index (χ4v) is 2.94. The Hall–Kier alpha value is -0.580. The largest absolute Gasteiger partial charge is 0.309 e. The van der Waals surface area contributed by atoms with Crippen molar-refractivity contribution in [1.29, 1.82) is 0 Å². The lowest BCUT2D eigenvalue weighted by Crippen LogP contribution is -2.58. The minimum atomic E-state index is 0.219. The van der Waals surface area contributed by atoms with Gasteiger partial charge >= 0.3 is 0 Å². The lowest BCUT2D eigenvalue weighted by atomic mass is 9.96. The summed E-state index contributed by atoms with van der Waals surface area (Å²) in [5.41, 5.74) is 2.31. The molecule has 1 saturated heterocycles. The second kappa shape index (κ2) is 5.81. The van der Waals surface area contributed by atoms with E-state index >= 15 is 0 Å². The van der Waals surface area contributed by atoms with Gasteiger partial charge in [0.2, 0.25) is 0 Å². The third-order valence-electron chi connectivity index (χ3n) is 4.16. The van der Waals surface area contributed by atoms with Gasteiger partial charge in [-0.3, -0.25) is 9.58 Å². The smallest absolute Gasteiger partial charge is 0.0860 e. The van der Waals surface area contributed by atoms with E-state index in [2.05, 4.69) is 36.1 Å². The Morgan fingerprint density at radius 2 is 2.16 bits per heavy atom. The highest BCUT2D eigenvalue weighted by molar-refractivity contribution is 6.31. The molecule has 2 rings (SSSR count). The van der Waals surface area contributed by atoms with Gasteiger partial charge in [0.15, 0.2) is 0 Å². The van der Waals surface area contributed by atoms with E-state index in [9.17, 15) is 0 Å². The zero-order valence-corrected chi connectivity index (χ0v) is 13.2. The molecule has 4 nitrogen and oxygen atoms in total. The summed E-state index contributed by atoms with van der Waals surface area (Å²) in [6.45, 7) is 13.6. The Bertz CT molecular complexity index is 443. The molecular formula is C14H25ClN4. The van der Waals surface area contributed by atoms with E-state index in [1.807, 2.05) is 11.6 Å². The molecular weight excluding hydrogens is 260 g/mol. The second-order valence-corrected chi connectivity index (χ2v) is 6.09. The van der Waals surface area contributed by atoms with E-state index in [0.29, 0.717) is 0 Å². The van der Waals surface area contributed by atoms with Gasteiger partial charge in [-0.2, -0.15) is 5.10 Å². The lowest BCUT2D eigenvalue weighted by Gasteiger charge is -2.41. The molecule has 1 aliphatic heterocycles. The first-order valence-corrected chi connectivity index (χ1v) is 7.56. The van der Waals surface area contributed by atoms with Crippen LogP contribution in [0.1, 0.15) is 38.6 Å². The molecule has 2 heterocycles. The number of hydrogen-bond acceptors (Lipinski definition) is 3. The number of nitrogens with one attached hydrogen (secondary N) is 1. The van der Waals surface area contributed by atoms with Crippen molar-refractivity contribution < 1.29 is 0 Å². The summed E-state index contributed by atoms with van der Waals surface area (Å²) < 4.78 is 2.03. The van der Waals surface area contributed by atoms with Crippen LogP contribution in [0.25, 0.3) is 0 Å². The molecule has 0 aromatic carbocycles. The van der Waals surface area contributed by atoms with Gasteiger partial charge in [-0.1, -0.05) is 18.5 Å². The van der Waals surface area contributed by atoms with Crippen LogP contribution in [0.2, 0.25) is 5.02 Å². The average Bonchev–Trinajstić information content (AvgIpc) is 2.67. The van der Waals surface area contributed by atoms with Crippen LogP contribution in [-0.4, -0.2) is 39.9 Å². The van der Waals surface area contributed by atoms with Crippen LogP contribution in [-0.2, 0) is 13.1 Å². The Labute approximate surface area is 121 Å². The Morgan fingerprint density at radius 1 is 1.42 bits per heavy atom. The number of aromatic nitrogens is 2. The number of piperazine rings is 1. The van der Waals surface area contributed by atoms with E-state index in [4.69, 9.17) is 11.6 Å². The Morgan fingerprint density at radius 3 is 2.79 bits per heavy atom. The maximum absolute atomic E-state index is 6.39. The molecule has 0 radical (unpaired) electrons. The second-order valence-electron chi connectivity index (χ2n) is 5.71. The van der Waals surface area contributed by atoms with Gasteiger partial charge in [0.1, 0.15) is 0 Å². The van der Waals surface area contributed by atoms with E-state index in [1.54, 1.807) is 0 Å². The predicted molar refractivity (Wildman–Crippen MR) is 79.6 cm³/mol. The van der Waals surface area contributed by atoms with Gasteiger partial charge in [-0.15, -0.1) is 0 Å². The first-order valence-electron chi connectivity index (χ1n) is 7.18. The van der Waals surface area contributed by atoms with Crippen molar-refractivity contribution in [3.8, 4) is 0 Å². The molecule has 0 spiro atoms. The van der Waals surface area contributed by atoms with Crippen LogP contribution in [0.15, 0.2) is 0 Å². The molecule has 1 unspecified atom stereocenters. The van der Waals surface area contributed by atoms with Gasteiger partial charge in [0, 0.05) is 38.3 Å². The minimum Gasteiger partial charge on any atom is -0.309 e. The van der Waals surface area contributed by atoms with E-state index in [-0.39, 0.29) is 5.54 Å². The molecule has 1 atom stereocenters. The molecule has 1 N–H and O–H groups in total. The highest BCUT2D eigenvalue weighted by Gasteiger charge is 2.29. The highest BCUT2D eigenvalue weighted by atomic mass is 35.5. The first kappa shape index (κ1) is 14.8. The van der Waals surface area contributed by atoms with Crippen molar-refractivity contribution in [3.63, 3.8) is 0 Å². The SMILES string of the molecule is CCn1nc(C)c(Cl)c1CN1CCNC(C)(CC)C1. The monoisotopic (exact) mass is 284 g/mol. The van der Waals surface area contributed by atoms with Crippen LogP contribution in [0.5, 0.6) is 0 Å². The van der Waals surface area contributed by atoms with Gasteiger partial charge in [-0.05, 0) is 27.2 Å². The summed E-state index contributed by atoms with van der Waals surface area (Å²) in [5.74, 6) is 0. The number of nitrogens with zero attached hydrogens (tertiary/aromatic N) is 3. The molecule has 0 amide bonds. The topological polar surface area (TPSA) is 33.1 Å². The maximum atomic E-state index is 6.39. The van der Waals surface area contributed by atoms with E-state index < -0.39 is 0 Å². The summed E-state index contributed by atoms with van der Waals surface area (Å²) in [7, 11) is 0. The van der Waals surface area contributed by atoms with E-state index in [0.717, 1.165) is 55.6 Å². The number of rotatable bonds is 4. The summed E-state index contributed by atoms with van der Waals surface area (Å²) in [5, 5.41) is 8.94. The third kappa shape index (κ3) is 3.12. The fraction of sp³-hybridized carbons (Fsp3) is 0.786. The zero-order valence-electron chi connectivity index (χ0n) is 12.5. The first-order chi connectivity index (χ1) is 8.99. The fourth-order valence-electron chi connectivity index (χ4n) is 2.75. The molecule has 1 aromatic heterocycles. The molecule has 5 heteroatoms. The minimum absolute atomic E-state index is 0.219. The Kier molecular flexibility index (Phi) is 4.54. The van der Waals surface area contributed by atoms with Gasteiger partial charge < -0.3 is 5.32 Å².